The van der Waals surface area contributed by atoms with E-state index in [0.29, 0.717) is 6.07 Å². The minimum Gasteiger partial charge on any atom is -0.453 e. The highest BCUT2D eigenvalue weighted by Crippen LogP contribution is 2.25. The molecule has 2 aromatic rings. The topological polar surface area (TPSA) is 80.8 Å². The quantitative estimate of drug-likeness (QED) is 0.448. The van der Waals surface area contributed by atoms with E-state index in [1.165, 1.54) is 26.0 Å². The lowest BCUT2D eigenvalue weighted by Gasteiger charge is -2.22. The highest BCUT2D eigenvalue weighted by Gasteiger charge is 2.41. The Kier molecular flexibility index (Phi) is 5.04. The first-order chi connectivity index (χ1) is 13.2. The number of halogens is 2. The maximum Gasteiger partial charge on any atom is 0.329 e. The fraction of sp³-hybridized carbons (Fsp3) is 0.200. The molecule has 2 atom stereocenters. The van der Waals surface area contributed by atoms with Gasteiger partial charge in [0.15, 0.2) is 17.7 Å². The fourth-order valence-corrected chi connectivity index (χ4v) is 2.88. The summed E-state index contributed by atoms with van der Waals surface area (Å²) in [6.07, 6.45) is -1.32. The van der Waals surface area contributed by atoms with Gasteiger partial charge in [-0.2, -0.15) is 0 Å². The monoisotopic (exact) mass is 387 g/mol. The van der Waals surface area contributed by atoms with Crippen LogP contribution < -0.4 is 0 Å². The van der Waals surface area contributed by atoms with Crippen LogP contribution in [0.3, 0.4) is 0 Å². The molecule has 0 fully saturated rings. The zero-order valence-electron chi connectivity index (χ0n) is 14.9. The lowest BCUT2D eigenvalue weighted by molar-refractivity contribution is -0.150. The molecule has 1 heterocycles. The van der Waals surface area contributed by atoms with Gasteiger partial charge in [0.2, 0.25) is 5.78 Å². The maximum atomic E-state index is 13.3. The number of amides is 2. The average Bonchev–Trinajstić information content (AvgIpc) is 2.93. The molecule has 28 heavy (non-hydrogen) atoms. The SMILES string of the molecule is C[C@H](C(=O)O[C@H](C)C(=O)c1ccc(F)c(F)c1)N1C(=O)c2ccccc2C1=O. The summed E-state index contributed by atoms with van der Waals surface area (Å²) < 4.78 is 31.3. The van der Waals surface area contributed by atoms with Gasteiger partial charge in [0.25, 0.3) is 11.8 Å². The van der Waals surface area contributed by atoms with Crippen molar-refractivity contribution >= 4 is 23.6 Å². The van der Waals surface area contributed by atoms with Crippen LogP contribution in [0.15, 0.2) is 42.5 Å². The van der Waals surface area contributed by atoms with Crippen molar-refractivity contribution < 1.29 is 32.7 Å². The van der Waals surface area contributed by atoms with Gasteiger partial charge in [-0.25, -0.2) is 13.6 Å². The number of imide groups is 1. The molecule has 0 saturated heterocycles. The summed E-state index contributed by atoms with van der Waals surface area (Å²) in [6.45, 7) is 2.56. The van der Waals surface area contributed by atoms with E-state index < -0.39 is 47.3 Å². The molecule has 3 rings (SSSR count). The number of ketones is 1. The Morgan fingerprint density at radius 1 is 0.929 bits per heavy atom. The molecule has 0 spiro atoms. The predicted octanol–water partition coefficient (Wildman–Crippen LogP) is 2.76. The molecule has 2 aromatic carbocycles. The molecule has 0 radical (unpaired) electrons. The van der Waals surface area contributed by atoms with Crippen molar-refractivity contribution in [1.29, 1.82) is 0 Å². The van der Waals surface area contributed by atoms with E-state index in [2.05, 4.69) is 0 Å². The summed E-state index contributed by atoms with van der Waals surface area (Å²) in [7, 11) is 0. The third kappa shape index (κ3) is 3.28. The zero-order valence-corrected chi connectivity index (χ0v) is 14.9. The molecule has 6 nitrogen and oxygen atoms in total. The Morgan fingerprint density at radius 2 is 1.50 bits per heavy atom. The number of hydrogen-bond acceptors (Lipinski definition) is 5. The van der Waals surface area contributed by atoms with Gasteiger partial charge in [-0.3, -0.25) is 19.3 Å². The largest absolute Gasteiger partial charge is 0.453 e. The Bertz CT molecular complexity index is 969. The molecule has 0 bridgehead atoms. The Balaban J connectivity index is 1.72. The van der Waals surface area contributed by atoms with Crippen LogP contribution in [0.1, 0.15) is 44.9 Å². The van der Waals surface area contributed by atoms with E-state index in [0.717, 1.165) is 17.0 Å². The van der Waals surface area contributed by atoms with E-state index in [1.54, 1.807) is 12.1 Å². The Hall–Kier alpha value is -3.42. The number of ether oxygens (including phenoxy) is 1. The number of nitrogens with zero attached hydrogens (tertiary/aromatic N) is 1. The summed E-state index contributed by atoms with van der Waals surface area (Å²) in [5.41, 5.74) is 0.184. The van der Waals surface area contributed by atoms with E-state index in [-0.39, 0.29) is 16.7 Å². The van der Waals surface area contributed by atoms with E-state index >= 15 is 0 Å². The van der Waals surface area contributed by atoms with E-state index in [4.69, 9.17) is 4.74 Å². The predicted molar refractivity (Wildman–Crippen MR) is 92.6 cm³/mol. The summed E-state index contributed by atoms with van der Waals surface area (Å²) in [6, 6.07) is 7.43. The number of hydrogen-bond donors (Lipinski definition) is 0. The number of Topliss-reactive ketones (excluding diaryl/α,β-unsaturated/α-hetero) is 1. The number of esters is 1. The molecule has 0 aromatic heterocycles. The van der Waals surface area contributed by atoms with Crippen LogP contribution in [0.4, 0.5) is 8.78 Å². The van der Waals surface area contributed by atoms with Crippen molar-refractivity contribution in [3.63, 3.8) is 0 Å². The number of benzene rings is 2. The molecule has 0 aliphatic carbocycles. The first-order valence-corrected chi connectivity index (χ1v) is 8.39. The highest BCUT2D eigenvalue weighted by molar-refractivity contribution is 6.22. The number of fused-ring (bicyclic) bond motifs is 1. The van der Waals surface area contributed by atoms with E-state index in [1.807, 2.05) is 0 Å². The molecule has 2 amide bonds. The van der Waals surface area contributed by atoms with Gasteiger partial charge in [-0.15, -0.1) is 0 Å². The molecule has 1 aliphatic rings. The van der Waals surface area contributed by atoms with Crippen molar-refractivity contribution in [2.75, 3.05) is 0 Å². The fourth-order valence-electron chi connectivity index (χ4n) is 2.88. The van der Waals surface area contributed by atoms with Crippen LogP contribution >= 0.6 is 0 Å². The Morgan fingerprint density at radius 3 is 2.04 bits per heavy atom. The van der Waals surface area contributed by atoms with Crippen LogP contribution in [0.2, 0.25) is 0 Å². The molecular formula is C20H15F2NO5. The molecule has 1 aliphatic heterocycles. The standard InChI is InChI=1S/C20H15F2NO5/c1-10(23-18(25)13-5-3-4-6-14(13)19(23)26)20(27)28-11(2)17(24)12-7-8-15(21)16(22)9-12/h3-11H,1-2H3/t10-,11-/m1/s1. The summed E-state index contributed by atoms with van der Waals surface area (Å²) in [4.78, 5) is 50.3. The molecule has 144 valence electrons. The number of carbonyl (C=O) groups is 4. The normalized spacial score (nSPS) is 15.2. The van der Waals surface area contributed by atoms with Crippen molar-refractivity contribution in [2.24, 2.45) is 0 Å². The smallest absolute Gasteiger partial charge is 0.329 e. The second-order valence-corrected chi connectivity index (χ2v) is 6.27. The first-order valence-electron chi connectivity index (χ1n) is 8.39. The van der Waals surface area contributed by atoms with Crippen molar-refractivity contribution in [2.45, 2.75) is 26.0 Å². The molecule has 0 unspecified atom stereocenters. The third-order valence-electron chi connectivity index (χ3n) is 4.42. The number of rotatable bonds is 5. The second-order valence-electron chi connectivity index (χ2n) is 6.27. The molecule has 0 N–H and O–H groups in total. The number of carbonyl (C=O) groups excluding carboxylic acids is 4. The molecule has 8 heteroatoms. The third-order valence-corrected chi connectivity index (χ3v) is 4.42. The van der Waals surface area contributed by atoms with Crippen molar-refractivity contribution in [3.8, 4) is 0 Å². The van der Waals surface area contributed by atoms with Crippen LogP contribution in [0, 0.1) is 11.6 Å². The van der Waals surface area contributed by atoms with Crippen molar-refractivity contribution in [1.82, 2.24) is 4.90 Å². The van der Waals surface area contributed by atoms with Crippen LogP contribution in [0.5, 0.6) is 0 Å². The van der Waals surface area contributed by atoms with Gasteiger partial charge < -0.3 is 4.74 Å². The van der Waals surface area contributed by atoms with Gasteiger partial charge in [-0.1, -0.05) is 12.1 Å². The van der Waals surface area contributed by atoms with Gasteiger partial charge in [0.1, 0.15) is 6.04 Å². The summed E-state index contributed by atoms with van der Waals surface area (Å²) in [5, 5.41) is 0. The highest BCUT2D eigenvalue weighted by atomic mass is 19.2. The van der Waals surface area contributed by atoms with Crippen LogP contribution in [-0.2, 0) is 9.53 Å². The minimum atomic E-state index is -1.32. The second kappa shape index (κ2) is 7.30. The van der Waals surface area contributed by atoms with Gasteiger partial charge in [0, 0.05) is 5.56 Å². The lowest BCUT2D eigenvalue weighted by Crippen LogP contribution is -2.45. The van der Waals surface area contributed by atoms with E-state index in [9.17, 15) is 28.0 Å². The van der Waals surface area contributed by atoms with Crippen molar-refractivity contribution in [3.05, 3.63) is 70.8 Å². The summed E-state index contributed by atoms with van der Waals surface area (Å²) in [5.74, 6) is -5.31. The van der Waals surface area contributed by atoms with Crippen LogP contribution in [0.25, 0.3) is 0 Å². The van der Waals surface area contributed by atoms with Gasteiger partial charge in [-0.05, 0) is 44.2 Å². The first kappa shape index (κ1) is 19.3. The molecule has 0 saturated carbocycles. The average molecular weight is 387 g/mol. The summed E-state index contributed by atoms with van der Waals surface area (Å²) >= 11 is 0. The lowest BCUT2D eigenvalue weighted by atomic mass is 10.1. The zero-order chi connectivity index (χ0) is 20.6. The van der Waals surface area contributed by atoms with Gasteiger partial charge in [0.05, 0.1) is 11.1 Å². The Labute approximate surface area is 158 Å². The maximum absolute atomic E-state index is 13.3. The van der Waals surface area contributed by atoms with Gasteiger partial charge >= 0.3 is 5.97 Å². The molecular weight excluding hydrogens is 372 g/mol. The van der Waals surface area contributed by atoms with Crippen LogP contribution in [-0.4, -0.2) is 40.6 Å². The minimum absolute atomic E-state index is 0.174.